The van der Waals surface area contributed by atoms with E-state index in [1.54, 1.807) is 0 Å². The Kier molecular flexibility index (Phi) is 5.48. The van der Waals surface area contributed by atoms with Gasteiger partial charge in [0, 0.05) is 24.1 Å². The van der Waals surface area contributed by atoms with E-state index in [-0.39, 0.29) is 17.4 Å². The molecule has 1 aliphatic carbocycles. The van der Waals surface area contributed by atoms with Gasteiger partial charge in [-0.3, -0.25) is 4.79 Å². The van der Waals surface area contributed by atoms with Gasteiger partial charge in [-0.1, -0.05) is 39.3 Å². The molecular weight excluding hydrogens is 288 g/mol. The summed E-state index contributed by atoms with van der Waals surface area (Å²) in [6.45, 7) is 8.80. The van der Waals surface area contributed by atoms with Crippen LogP contribution in [0.5, 0.6) is 0 Å². The fourth-order valence-corrected chi connectivity index (χ4v) is 3.20. The molecule has 23 heavy (non-hydrogen) atoms. The zero-order valence-electron chi connectivity index (χ0n) is 14.8. The SMILES string of the molecule is CCCCc1ccc(NC(=O)C2(N)CC(OCC)C2(C)C)cc1. The van der Waals surface area contributed by atoms with E-state index in [9.17, 15) is 4.79 Å². The Morgan fingerprint density at radius 3 is 2.48 bits per heavy atom. The Labute approximate surface area is 139 Å². The molecule has 2 unspecified atom stereocenters. The van der Waals surface area contributed by atoms with Crippen LogP contribution in [-0.2, 0) is 16.0 Å². The number of amides is 1. The second-order valence-corrected chi connectivity index (χ2v) is 7.10. The molecule has 0 bridgehead atoms. The number of ether oxygens (including phenoxy) is 1. The molecule has 4 heteroatoms. The maximum atomic E-state index is 12.6. The first-order valence-electron chi connectivity index (χ1n) is 8.66. The third-order valence-electron chi connectivity index (χ3n) is 5.27. The molecule has 1 fully saturated rings. The summed E-state index contributed by atoms with van der Waals surface area (Å²) >= 11 is 0. The van der Waals surface area contributed by atoms with E-state index in [2.05, 4.69) is 24.4 Å². The molecule has 1 amide bonds. The largest absolute Gasteiger partial charge is 0.378 e. The number of hydrogen-bond donors (Lipinski definition) is 2. The van der Waals surface area contributed by atoms with Crippen molar-refractivity contribution >= 4 is 11.6 Å². The molecule has 1 aromatic carbocycles. The summed E-state index contributed by atoms with van der Waals surface area (Å²) < 4.78 is 5.68. The second kappa shape index (κ2) is 7.02. The highest BCUT2D eigenvalue weighted by atomic mass is 16.5. The van der Waals surface area contributed by atoms with E-state index in [4.69, 9.17) is 10.5 Å². The maximum absolute atomic E-state index is 12.6. The Morgan fingerprint density at radius 2 is 1.96 bits per heavy atom. The van der Waals surface area contributed by atoms with Gasteiger partial charge in [0.15, 0.2) is 0 Å². The molecule has 4 nitrogen and oxygen atoms in total. The third-order valence-corrected chi connectivity index (χ3v) is 5.27. The monoisotopic (exact) mass is 318 g/mol. The van der Waals surface area contributed by atoms with Gasteiger partial charge < -0.3 is 15.8 Å². The first kappa shape index (κ1) is 18.0. The van der Waals surface area contributed by atoms with Gasteiger partial charge in [-0.05, 0) is 37.5 Å². The number of benzene rings is 1. The van der Waals surface area contributed by atoms with E-state index in [1.165, 1.54) is 18.4 Å². The Balaban J connectivity index is 1.99. The molecule has 1 aromatic rings. The van der Waals surface area contributed by atoms with E-state index in [0.717, 1.165) is 12.1 Å². The van der Waals surface area contributed by atoms with Crippen molar-refractivity contribution in [2.45, 2.75) is 65.0 Å². The van der Waals surface area contributed by atoms with E-state index in [1.807, 2.05) is 32.9 Å². The molecular formula is C19H30N2O2. The highest BCUT2D eigenvalue weighted by Gasteiger charge is 2.62. The minimum atomic E-state index is -0.881. The van der Waals surface area contributed by atoms with Gasteiger partial charge in [0.05, 0.1) is 6.10 Å². The number of nitrogens with two attached hydrogens (primary N) is 1. The predicted molar refractivity (Wildman–Crippen MR) is 94.4 cm³/mol. The van der Waals surface area contributed by atoms with Crippen molar-refractivity contribution in [1.82, 2.24) is 0 Å². The predicted octanol–water partition coefficient (Wildman–Crippen LogP) is 3.50. The lowest BCUT2D eigenvalue weighted by Gasteiger charge is -2.57. The number of aryl methyl sites for hydroxylation is 1. The molecule has 0 aliphatic heterocycles. The van der Waals surface area contributed by atoms with Crippen molar-refractivity contribution in [2.75, 3.05) is 11.9 Å². The minimum absolute atomic E-state index is 0.0414. The molecule has 2 atom stereocenters. The van der Waals surface area contributed by atoms with E-state index < -0.39 is 5.54 Å². The molecule has 0 aromatic heterocycles. The summed E-state index contributed by atoms with van der Waals surface area (Å²) in [7, 11) is 0. The fraction of sp³-hybridized carbons (Fsp3) is 0.632. The third kappa shape index (κ3) is 3.43. The van der Waals surface area contributed by atoms with Crippen molar-refractivity contribution in [3.8, 4) is 0 Å². The van der Waals surface area contributed by atoms with Crippen LogP contribution in [0.25, 0.3) is 0 Å². The van der Waals surface area contributed by atoms with Gasteiger partial charge in [0.25, 0.3) is 0 Å². The summed E-state index contributed by atoms with van der Waals surface area (Å²) in [6, 6.07) is 8.06. The van der Waals surface area contributed by atoms with Crippen molar-refractivity contribution in [1.29, 1.82) is 0 Å². The smallest absolute Gasteiger partial charge is 0.245 e. The average molecular weight is 318 g/mol. The van der Waals surface area contributed by atoms with Crippen LogP contribution in [0.1, 0.15) is 52.5 Å². The summed E-state index contributed by atoms with van der Waals surface area (Å²) in [5, 5.41) is 2.97. The molecule has 3 N–H and O–H groups in total. The van der Waals surface area contributed by atoms with Crippen molar-refractivity contribution < 1.29 is 9.53 Å². The van der Waals surface area contributed by atoms with Crippen molar-refractivity contribution in [2.24, 2.45) is 11.1 Å². The number of nitrogens with one attached hydrogen (secondary N) is 1. The lowest BCUT2D eigenvalue weighted by atomic mass is 9.54. The lowest BCUT2D eigenvalue weighted by molar-refractivity contribution is -0.166. The van der Waals surface area contributed by atoms with Crippen LogP contribution < -0.4 is 11.1 Å². The van der Waals surface area contributed by atoms with Crippen LogP contribution in [0.2, 0.25) is 0 Å². The zero-order chi connectivity index (χ0) is 17.1. The molecule has 0 spiro atoms. The Bertz CT molecular complexity index is 539. The number of carbonyl (C=O) groups is 1. The maximum Gasteiger partial charge on any atom is 0.245 e. The van der Waals surface area contributed by atoms with Gasteiger partial charge >= 0.3 is 0 Å². The number of unbranched alkanes of at least 4 members (excludes halogenated alkanes) is 1. The second-order valence-electron chi connectivity index (χ2n) is 7.10. The summed E-state index contributed by atoms with van der Waals surface area (Å²) in [6.07, 6.45) is 4.05. The molecule has 1 saturated carbocycles. The van der Waals surface area contributed by atoms with Gasteiger partial charge in [-0.15, -0.1) is 0 Å². The fourth-order valence-electron chi connectivity index (χ4n) is 3.20. The van der Waals surface area contributed by atoms with Crippen molar-refractivity contribution in [3.05, 3.63) is 29.8 Å². The Hall–Kier alpha value is -1.39. The lowest BCUT2D eigenvalue weighted by Crippen LogP contribution is -2.74. The molecule has 128 valence electrons. The van der Waals surface area contributed by atoms with E-state index >= 15 is 0 Å². The van der Waals surface area contributed by atoms with Crippen LogP contribution >= 0.6 is 0 Å². The number of carbonyl (C=O) groups excluding carboxylic acids is 1. The molecule has 0 radical (unpaired) electrons. The highest BCUT2D eigenvalue weighted by Crippen LogP contribution is 2.50. The van der Waals surface area contributed by atoms with Crippen LogP contribution in [0, 0.1) is 5.41 Å². The van der Waals surface area contributed by atoms with E-state index in [0.29, 0.717) is 13.0 Å². The van der Waals surface area contributed by atoms with Gasteiger partial charge in [0.2, 0.25) is 5.91 Å². The van der Waals surface area contributed by atoms with Crippen LogP contribution in [0.15, 0.2) is 24.3 Å². The summed E-state index contributed by atoms with van der Waals surface area (Å²) in [4.78, 5) is 12.6. The topological polar surface area (TPSA) is 64.4 Å². The van der Waals surface area contributed by atoms with Crippen LogP contribution in [0.4, 0.5) is 5.69 Å². The minimum Gasteiger partial charge on any atom is -0.378 e. The number of hydrogen-bond acceptors (Lipinski definition) is 3. The normalized spacial score (nSPS) is 25.7. The summed E-state index contributed by atoms with van der Waals surface area (Å²) in [5.41, 5.74) is 7.25. The molecule has 1 aliphatic rings. The first-order chi connectivity index (χ1) is 10.8. The van der Waals surface area contributed by atoms with Gasteiger partial charge in [-0.25, -0.2) is 0 Å². The van der Waals surface area contributed by atoms with Gasteiger partial charge in [0.1, 0.15) is 5.54 Å². The quantitative estimate of drug-likeness (QED) is 0.808. The molecule has 2 rings (SSSR count). The highest BCUT2D eigenvalue weighted by molar-refractivity contribution is 5.99. The summed E-state index contributed by atoms with van der Waals surface area (Å²) in [5.74, 6) is -0.125. The first-order valence-corrected chi connectivity index (χ1v) is 8.66. The Morgan fingerprint density at radius 1 is 1.30 bits per heavy atom. The van der Waals surface area contributed by atoms with Gasteiger partial charge in [-0.2, -0.15) is 0 Å². The standard InChI is InChI=1S/C19H30N2O2/c1-5-7-8-14-9-11-15(12-10-14)21-17(22)19(20)13-16(23-6-2)18(19,3)4/h9-12,16H,5-8,13,20H2,1-4H3,(H,21,22). The van der Waals surface area contributed by atoms with Crippen LogP contribution in [0.3, 0.4) is 0 Å². The number of anilines is 1. The van der Waals surface area contributed by atoms with Crippen LogP contribution in [-0.4, -0.2) is 24.2 Å². The molecule has 0 heterocycles. The number of rotatable bonds is 7. The molecule has 0 saturated heterocycles. The average Bonchev–Trinajstić information content (AvgIpc) is 2.53. The zero-order valence-corrected chi connectivity index (χ0v) is 14.8. The van der Waals surface area contributed by atoms with Crippen molar-refractivity contribution in [3.63, 3.8) is 0 Å².